The smallest absolute Gasteiger partial charge is 0.274 e. The van der Waals surface area contributed by atoms with Crippen molar-refractivity contribution in [1.29, 1.82) is 0 Å². The third kappa shape index (κ3) is 3.60. The normalized spacial score (nSPS) is 20.1. The van der Waals surface area contributed by atoms with Crippen LogP contribution in [0, 0.1) is 13.8 Å². The van der Waals surface area contributed by atoms with Crippen molar-refractivity contribution in [2.24, 2.45) is 0 Å². The van der Waals surface area contributed by atoms with Gasteiger partial charge in [-0.1, -0.05) is 53.6 Å². The lowest BCUT2D eigenvalue weighted by molar-refractivity contribution is -0.121. The molecule has 3 aromatic rings. The molecule has 7 heteroatoms. The van der Waals surface area contributed by atoms with Crippen LogP contribution in [0.1, 0.15) is 17.5 Å². The van der Waals surface area contributed by atoms with Crippen LogP contribution < -0.4 is 14.2 Å². The van der Waals surface area contributed by atoms with Crippen LogP contribution in [0.4, 0.5) is 17.1 Å². The SMILES string of the molecule is Cc1ccc(N2CCN(c3ccc(C)cc3)[P+]2(O)C2CC(=O)N(c3ccccc3)C2=O)cc1. The van der Waals surface area contributed by atoms with Crippen molar-refractivity contribution in [3.05, 3.63) is 90.0 Å². The molecule has 0 saturated carbocycles. The first kappa shape index (κ1) is 21.6. The first-order valence-corrected chi connectivity index (χ1v) is 12.8. The summed E-state index contributed by atoms with van der Waals surface area (Å²) in [6.07, 6.45) is -0.0112. The van der Waals surface area contributed by atoms with Crippen molar-refractivity contribution in [1.82, 2.24) is 0 Å². The zero-order valence-electron chi connectivity index (χ0n) is 18.8. The quantitative estimate of drug-likeness (QED) is 0.451. The molecule has 6 nitrogen and oxygen atoms in total. The molecule has 0 radical (unpaired) electrons. The number of rotatable bonds is 4. The zero-order chi connectivity index (χ0) is 23.2. The van der Waals surface area contributed by atoms with Gasteiger partial charge in [-0.15, -0.1) is 0 Å². The van der Waals surface area contributed by atoms with E-state index < -0.39 is 13.4 Å². The van der Waals surface area contributed by atoms with E-state index in [-0.39, 0.29) is 18.2 Å². The summed E-state index contributed by atoms with van der Waals surface area (Å²) in [5.74, 6) is -0.609. The van der Waals surface area contributed by atoms with Gasteiger partial charge in [-0.2, -0.15) is 0 Å². The molecule has 168 valence electrons. The van der Waals surface area contributed by atoms with Crippen molar-refractivity contribution in [2.75, 3.05) is 27.3 Å². The van der Waals surface area contributed by atoms with Gasteiger partial charge in [-0.05, 0) is 50.2 Å². The first-order chi connectivity index (χ1) is 15.9. The maximum Gasteiger partial charge on any atom is 0.344 e. The molecule has 1 N–H and O–H groups in total. The second-order valence-corrected chi connectivity index (χ2v) is 11.5. The third-order valence-corrected chi connectivity index (χ3v) is 9.98. The molecule has 0 aromatic heterocycles. The first-order valence-electron chi connectivity index (χ1n) is 11.1. The second kappa shape index (κ2) is 8.29. The summed E-state index contributed by atoms with van der Waals surface area (Å²) in [5, 5.41) is 0. The Bertz CT molecular complexity index is 1130. The fourth-order valence-corrected chi connectivity index (χ4v) is 8.18. The zero-order valence-corrected chi connectivity index (χ0v) is 19.7. The molecule has 3 aromatic carbocycles. The fraction of sp³-hybridized carbons (Fsp3) is 0.231. The monoisotopic (exact) mass is 460 g/mol. The van der Waals surface area contributed by atoms with Crippen LogP contribution in [0.2, 0.25) is 0 Å². The summed E-state index contributed by atoms with van der Waals surface area (Å²) in [6.45, 7) is 5.18. The van der Waals surface area contributed by atoms with Crippen molar-refractivity contribution in [3.63, 3.8) is 0 Å². The molecule has 33 heavy (non-hydrogen) atoms. The standard InChI is InChI=1S/C26H27N3O3P/c1-19-8-12-21(13-9-19)27-16-17-28(22-14-10-20(2)11-15-22)33(27,32)24-18-25(30)29(26(24)31)23-6-4-3-5-7-23/h3-15,24,32H,16-18H2,1-2H3/q+1. The molecule has 1 atom stereocenters. The predicted octanol–water partition coefficient (Wildman–Crippen LogP) is 4.72. The van der Waals surface area contributed by atoms with Crippen LogP contribution in [0.15, 0.2) is 78.9 Å². The number of para-hydroxylation sites is 1. The van der Waals surface area contributed by atoms with E-state index in [0.29, 0.717) is 18.8 Å². The van der Waals surface area contributed by atoms with Crippen LogP contribution in [-0.2, 0) is 9.59 Å². The van der Waals surface area contributed by atoms with Gasteiger partial charge in [0.15, 0.2) is 0 Å². The topological polar surface area (TPSA) is 64.1 Å². The van der Waals surface area contributed by atoms with Gasteiger partial charge in [-0.25, -0.2) is 19.1 Å². The van der Waals surface area contributed by atoms with E-state index >= 15 is 0 Å². The number of hydrogen-bond donors (Lipinski definition) is 1. The van der Waals surface area contributed by atoms with Crippen LogP contribution in [0.5, 0.6) is 0 Å². The fourth-order valence-electron chi connectivity index (χ4n) is 4.72. The van der Waals surface area contributed by atoms with Crippen LogP contribution >= 0.6 is 7.79 Å². The lowest BCUT2D eigenvalue weighted by atomic mass is 10.2. The predicted molar refractivity (Wildman–Crippen MR) is 134 cm³/mol. The Labute approximate surface area is 194 Å². The Morgan fingerprint density at radius 1 is 0.727 bits per heavy atom. The lowest BCUT2D eigenvalue weighted by Gasteiger charge is -2.34. The summed E-state index contributed by atoms with van der Waals surface area (Å²) >= 11 is 0. The summed E-state index contributed by atoms with van der Waals surface area (Å²) < 4.78 is 3.94. The average molecular weight is 460 g/mol. The second-order valence-electron chi connectivity index (χ2n) is 8.65. The number of carbonyl (C=O) groups is 2. The number of amides is 2. The number of carbonyl (C=O) groups excluding carboxylic acids is 2. The van der Waals surface area contributed by atoms with Crippen molar-refractivity contribution in [3.8, 4) is 0 Å². The van der Waals surface area contributed by atoms with E-state index in [9.17, 15) is 14.5 Å². The number of hydrogen-bond acceptors (Lipinski definition) is 5. The van der Waals surface area contributed by atoms with Gasteiger partial charge in [0.05, 0.1) is 36.6 Å². The Hall–Kier alpha value is -3.21. The number of aryl methyl sites for hydroxylation is 2. The van der Waals surface area contributed by atoms with Gasteiger partial charge in [0.1, 0.15) is 0 Å². The number of anilines is 3. The molecule has 5 rings (SSSR count). The minimum atomic E-state index is -3.26. The van der Waals surface area contributed by atoms with Crippen molar-refractivity contribution in [2.45, 2.75) is 25.9 Å². The summed E-state index contributed by atoms with van der Waals surface area (Å²) in [5.41, 5.74) is 3.70. The molecule has 1 unspecified atom stereocenters. The van der Waals surface area contributed by atoms with Gasteiger partial charge < -0.3 is 0 Å². The molecular weight excluding hydrogens is 433 g/mol. The highest BCUT2D eigenvalue weighted by molar-refractivity contribution is 7.75. The van der Waals surface area contributed by atoms with E-state index in [0.717, 1.165) is 22.5 Å². The lowest BCUT2D eigenvalue weighted by Crippen LogP contribution is -2.39. The molecule has 2 aliphatic rings. The highest BCUT2D eigenvalue weighted by Gasteiger charge is 2.68. The summed E-state index contributed by atoms with van der Waals surface area (Å²) in [4.78, 5) is 40.4. The van der Waals surface area contributed by atoms with Crippen molar-refractivity contribution < 1.29 is 14.5 Å². The highest BCUT2D eigenvalue weighted by Crippen LogP contribution is 2.71. The Kier molecular flexibility index (Phi) is 5.43. The van der Waals surface area contributed by atoms with Crippen LogP contribution in [0.3, 0.4) is 0 Å². The van der Waals surface area contributed by atoms with Crippen LogP contribution in [0.25, 0.3) is 0 Å². The Balaban J connectivity index is 1.59. The Morgan fingerprint density at radius 2 is 1.21 bits per heavy atom. The highest BCUT2D eigenvalue weighted by atomic mass is 31.2. The third-order valence-electron chi connectivity index (χ3n) is 6.45. The minimum Gasteiger partial charge on any atom is -0.274 e. The molecule has 2 amide bonds. The van der Waals surface area contributed by atoms with E-state index in [2.05, 4.69) is 0 Å². The summed E-state index contributed by atoms with van der Waals surface area (Å²) in [7, 11) is -3.26. The van der Waals surface area contributed by atoms with Crippen molar-refractivity contribution >= 4 is 36.7 Å². The van der Waals surface area contributed by atoms with E-state index in [1.165, 1.54) is 4.90 Å². The average Bonchev–Trinajstić information content (AvgIpc) is 3.32. The van der Waals surface area contributed by atoms with E-state index in [1.807, 2.05) is 77.8 Å². The summed E-state index contributed by atoms with van der Waals surface area (Å²) in [6, 6.07) is 24.9. The molecule has 2 saturated heterocycles. The van der Waals surface area contributed by atoms with E-state index in [4.69, 9.17) is 0 Å². The molecule has 2 fully saturated rings. The largest absolute Gasteiger partial charge is 0.344 e. The van der Waals surface area contributed by atoms with Crippen LogP contribution in [-0.4, -0.2) is 35.5 Å². The molecule has 0 bridgehead atoms. The minimum absolute atomic E-state index is 0.0112. The molecule has 0 aliphatic carbocycles. The number of imide groups is 1. The molecule has 2 heterocycles. The van der Waals surface area contributed by atoms with Gasteiger partial charge in [0, 0.05) is 0 Å². The van der Waals surface area contributed by atoms with Gasteiger partial charge in [-0.3, -0.25) is 9.59 Å². The van der Waals surface area contributed by atoms with Gasteiger partial charge >= 0.3 is 7.79 Å². The van der Waals surface area contributed by atoms with Gasteiger partial charge in [0.2, 0.25) is 11.6 Å². The maximum atomic E-state index is 13.7. The molecule has 2 aliphatic heterocycles. The number of benzene rings is 3. The molecular formula is C26H27N3O3P+. The Morgan fingerprint density at radius 3 is 1.70 bits per heavy atom. The maximum absolute atomic E-state index is 13.7. The number of nitrogens with zero attached hydrogens (tertiary/aromatic N) is 3. The molecule has 0 spiro atoms. The van der Waals surface area contributed by atoms with Gasteiger partial charge in [0.25, 0.3) is 5.91 Å². The van der Waals surface area contributed by atoms with E-state index in [1.54, 1.807) is 24.3 Å².